The fourth-order valence-electron chi connectivity index (χ4n) is 4.05. The van der Waals surface area contributed by atoms with E-state index in [1.807, 2.05) is 12.1 Å². The zero-order chi connectivity index (χ0) is 14.1. The summed E-state index contributed by atoms with van der Waals surface area (Å²) in [4.78, 5) is 5.25. The minimum Gasteiger partial charge on any atom is -0.508 e. The van der Waals surface area contributed by atoms with Gasteiger partial charge < -0.3 is 5.11 Å². The van der Waals surface area contributed by atoms with Gasteiger partial charge >= 0.3 is 0 Å². The van der Waals surface area contributed by atoms with E-state index in [-0.39, 0.29) is 0 Å². The standard InChI is InChI=1S/C17H26N2O/c1-3-18(4-2)14-9-10-19(12-14)17-8-5-13-11-15(20)6-7-16(13)17/h6-7,11,14,17,20H,3-5,8-10,12H2,1-2H3. The van der Waals surface area contributed by atoms with E-state index in [1.54, 1.807) is 0 Å². The van der Waals surface area contributed by atoms with Gasteiger partial charge in [-0.05, 0) is 55.6 Å². The lowest BCUT2D eigenvalue weighted by Crippen LogP contribution is -2.37. The van der Waals surface area contributed by atoms with E-state index in [2.05, 4.69) is 29.7 Å². The number of likely N-dealkylation sites (N-methyl/N-ethyl adjacent to an activating group) is 1. The van der Waals surface area contributed by atoms with Crippen molar-refractivity contribution < 1.29 is 5.11 Å². The van der Waals surface area contributed by atoms with Gasteiger partial charge in [0.05, 0.1) is 0 Å². The number of nitrogens with zero attached hydrogens (tertiary/aromatic N) is 2. The molecule has 3 heteroatoms. The highest BCUT2D eigenvalue weighted by molar-refractivity contribution is 5.40. The number of aryl methyl sites for hydroxylation is 1. The molecule has 1 saturated heterocycles. The van der Waals surface area contributed by atoms with E-state index >= 15 is 0 Å². The Bertz CT molecular complexity index is 470. The Morgan fingerprint density at radius 3 is 2.80 bits per heavy atom. The van der Waals surface area contributed by atoms with Crippen LogP contribution in [0.2, 0.25) is 0 Å². The van der Waals surface area contributed by atoms with Gasteiger partial charge in [-0.3, -0.25) is 9.80 Å². The highest BCUT2D eigenvalue weighted by atomic mass is 16.3. The molecule has 2 aliphatic rings. The summed E-state index contributed by atoms with van der Waals surface area (Å²) in [5, 5.41) is 9.61. The maximum atomic E-state index is 9.61. The van der Waals surface area contributed by atoms with Gasteiger partial charge in [0.1, 0.15) is 5.75 Å². The van der Waals surface area contributed by atoms with E-state index < -0.39 is 0 Å². The van der Waals surface area contributed by atoms with Crippen LogP contribution in [0.4, 0.5) is 0 Å². The highest BCUT2D eigenvalue weighted by Crippen LogP contribution is 2.39. The molecule has 3 nitrogen and oxygen atoms in total. The van der Waals surface area contributed by atoms with Crippen LogP contribution in [0, 0.1) is 0 Å². The van der Waals surface area contributed by atoms with E-state index in [1.165, 1.54) is 37.1 Å². The van der Waals surface area contributed by atoms with Crippen LogP contribution >= 0.6 is 0 Å². The summed E-state index contributed by atoms with van der Waals surface area (Å²) in [5.74, 6) is 0.409. The van der Waals surface area contributed by atoms with Gasteiger partial charge in [-0.15, -0.1) is 0 Å². The lowest BCUT2D eigenvalue weighted by atomic mass is 10.1. The normalized spacial score (nSPS) is 26.4. The second-order valence-corrected chi connectivity index (χ2v) is 6.10. The van der Waals surface area contributed by atoms with E-state index in [9.17, 15) is 5.11 Å². The van der Waals surface area contributed by atoms with Crippen LogP contribution in [-0.4, -0.2) is 47.1 Å². The maximum absolute atomic E-state index is 9.61. The summed E-state index contributed by atoms with van der Waals surface area (Å²) >= 11 is 0. The smallest absolute Gasteiger partial charge is 0.115 e. The first kappa shape index (κ1) is 13.9. The van der Waals surface area contributed by atoms with Gasteiger partial charge in [0, 0.05) is 25.2 Å². The van der Waals surface area contributed by atoms with Crippen molar-refractivity contribution in [1.82, 2.24) is 9.80 Å². The van der Waals surface area contributed by atoms with Crippen molar-refractivity contribution in [1.29, 1.82) is 0 Å². The summed E-state index contributed by atoms with van der Waals surface area (Å²) in [7, 11) is 0. The second kappa shape index (κ2) is 5.74. The predicted octanol–water partition coefficient (Wildman–Crippen LogP) is 2.80. The highest BCUT2D eigenvalue weighted by Gasteiger charge is 2.34. The fourth-order valence-corrected chi connectivity index (χ4v) is 4.05. The van der Waals surface area contributed by atoms with Gasteiger partial charge in [-0.2, -0.15) is 0 Å². The molecule has 20 heavy (non-hydrogen) atoms. The molecule has 0 amide bonds. The van der Waals surface area contributed by atoms with Crippen molar-refractivity contribution in [3.05, 3.63) is 29.3 Å². The Morgan fingerprint density at radius 2 is 2.05 bits per heavy atom. The summed E-state index contributed by atoms with van der Waals surface area (Å²) < 4.78 is 0. The van der Waals surface area contributed by atoms with Crippen molar-refractivity contribution in [3.8, 4) is 5.75 Å². The molecule has 1 aromatic rings. The van der Waals surface area contributed by atoms with Crippen LogP contribution in [0.1, 0.15) is 43.9 Å². The number of fused-ring (bicyclic) bond motifs is 1. The van der Waals surface area contributed by atoms with Crippen LogP contribution < -0.4 is 0 Å². The lowest BCUT2D eigenvalue weighted by molar-refractivity contribution is 0.187. The largest absolute Gasteiger partial charge is 0.508 e. The molecule has 0 spiro atoms. The fraction of sp³-hybridized carbons (Fsp3) is 0.647. The number of rotatable bonds is 4. The molecule has 0 aromatic heterocycles. The number of benzene rings is 1. The SMILES string of the molecule is CCN(CC)C1CCN(C2CCc3cc(O)ccc32)C1. The molecular weight excluding hydrogens is 248 g/mol. The average molecular weight is 274 g/mol. The van der Waals surface area contributed by atoms with Gasteiger partial charge in [0.25, 0.3) is 0 Å². The predicted molar refractivity (Wildman–Crippen MR) is 82.1 cm³/mol. The molecule has 0 bridgehead atoms. The van der Waals surface area contributed by atoms with Crippen LogP contribution in [0.3, 0.4) is 0 Å². The molecule has 1 aromatic carbocycles. The van der Waals surface area contributed by atoms with Gasteiger partial charge in [-0.1, -0.05) is 19.9 Å². The minimum absolute atomic E-state index is 0.409. The van der Waals surface area contributed by atoms with E-state index in [0.717, 1.165) is 25.6 Å². The molecule has 2 unspecified atom stereocenters. The number of likely N-dealkylation sites (tertiary alicyclic amines) is 1. The van der Waals surface area contributed by atoms with Gasteiger partial charge in [0.2, 0.25) is 0 Å². The van der Waals surface area contributed by atoms with Crippen molar-refractivity contribution in [2.45, 2.75) is 45.2 Å². The Balaban J connectivity index is 1.71. The van der Waals surface area contributed by atoms with Crippen LogP contribution in [0.15, 0.2) is 18.2 Å². The van der Waals surface area contributed by atoms with E-state index in [4.69, 9.17) is 0 Å². The third kappa shape index (κ3) is 2.45. The molecule has 1 N–H and O–H groups in total. The van der Waals surface area contributed by atoms with Crippen molar-refractivity contribution >= 4 is 0 Å². The number of phenols is 1. The molecule has 0 saturated carbocycles. The minimum atomic E-state index is 0.409. The monoisotopic (exact) mass is 274 g/mol. The maximum Gasteiger partial charge on any atom is 0.115 e. The molecule has 110 valence electrons. The number of hydrogen-bond donors (Lipinski definition) is 1. The molecule has 1 aliphatic carbocycles. The lowest BCUT2D eigenvalue weighted by Gasteiger charge is -2.28. The van der Waals surface area contributed by atoms with Crippen molar-refractivity contribution in [2.75, 3.05) is 26.2 Å². The second-order valence-electron chi connectivity index (χ2n) is 6.10. The average Bonchev–Trinajstić information content (AvgIpc) is 3.06. The van der Waals surface area contributed by atoms with Gasteiger partial charge in [-0.25, -0.2) is 0 Å². The van der Waals surface area contributed by atoms with Crippen LogP contribution in [0.25, 0.3) is 0 Å². The molecule has 1 heterocycles. The molecule has 3 rings (SSSR count). The van der Waals surface area contributed by atoms with Crippen LogP contribution in [0.5, 0.6) is 5.75 Å². The Morgan fingerprint density at radius 1 is 1.25 bits per heavy atom. The Hall–Kier alpha value is -1.06. The third-order valence-electron chi connectivity index (χ3n) is 5.14. The summed E-state index contributed by atoms with van der Waals surface area (Å²) in [6.45, 7) is 9.26. The third-order valence-corrected chi connectivity index (χ3v) is 5.14. The molecule has 0 radical (unpaired) electrons. The molecule has 2 atom stereocenters. The summed E-state index contributed by atoms with van der Waals surface area (Å²) in [6.07, 6.45) is 3.62. The molecule has 1 fully saturated rings. The zero-order valence-electron chi connectivity index (χ0n) is 12.7. The molecular formula is C17H26N2O. The van der Waals surface area contributed by atoms with E-state index in [0.29, 0.717) is 11.8 Å². The number of aromatic hydroxyl groups is 1. The Kier molecular flexibility index (Phi) is 3.99. The summed E-state index contributed by atoms with van der Waals surface area (Å²) in [5.41, 5.74) is 2.80. The van der Waals surface area contributed by atoms with Crippen molar-refractivity contribution in [3.63, 3.8) is 0 Å². The zero-order valence-corrected chi connectivity index (χ0v) is 12.7. The van der Waals surface area contributed by atoms with Crippen LogP contribution in [-0.2, 0) is 6.42 Å². The number of phenolic OH excluding ortho intramolecular Hbond substituents is 1. The Labute approximate surface area is 122 Å². The molecule has 1 aliphatic heterocycles. The summed E-state index contributed by atoms with van der Waals surface area (Å²) in [6, 6.07) is 7.23. The first-order valence-electron chi connectivity index (χ1n) is 8.02. The van der Waals surface area contributed by atoms with Gasteiger partial charge in [0.15, 0.2) is 0 Å². The topological polar surface area (TPSA) is 26.7 Å². The number of hydrogen-bond acceptors (Lipinski definition) is 3. The first-order chi connectivity index (χ1) is 9.72. The first-order valence-corrected chi connectivity index (χ1v) is 8.02. The quantitative estimate of drug-likeness (QED) is 0.914. The van der Waals surface area contributed by atoms with Crippen molar-refractivity contribution in [2.24, 2.45) is 0 Å².